The molecule has 4 rings (SSSR count). The molecular weight excluding hydrogens is 390 g/mol. The second kappa shape index (κ2) is 5.00. The zero-order valence-electron chi connectivity index (χ0n) is 18.4. The molecule has 1 aromatic heterocycles. The zero-order valence-corrected chi connectivity index (χ0v) is 13.6. The molecule has 3 aromatic carbocycles. The van der Waals surface area contributed by atoms with Gasteiger partial charge in [0.25, 0.3) is 0 Å². The molecule has 0 aliphatic heterocycles. The predicted octanol–water partition coefficient (Wildman–Crippen LogP) is 6.31. The molecule has 0 aliphatic carbocycles. The summed E-state index contributed by atoms with van der Waals surface area (Å²) in [4.78, 5) is 0. The van der Waals surface area contributed by atoms with Gasteiger partial charge in [-0.25, -0.2) is 0 Å². The molecule has 0 bridgehead atoms. The maximum Gasteiger partial charge on any atom is 0.0746 e. The molecule has 0 atom stereocenters. The van der Waals surface area contributed by atoms with Crippen LogP contribution in [-0.4, -0.2) is 4.57 Å². The van der Waals surface area contributed by atoms with Gasteiger partial charge in [-0.3, -0.25) is 0 Å². The van der Waals surface area contributed by atoms with Gasteiger partial charge in [0.2, 0.25) is 0 Å². The monoisotopic (exact) mass is 407 g/mol. The summed E-state index contributed by atoms with van der Waals surface area (Å²) in [6.07, 6.45) is 0. The van der Waals surface area contributed by atoms with E-state index in [1.54, 1.807) is 18.2 Å². The Labute approximate surface area is 150 Å². The highest BCUT2D eigenvalue weighted by molar-refractivity contribution is 9.11. The van der Waals surface area contributed by atoms with Crippen LogP contribution in [0.25, 0.3) is 27.5 Å². The number of benzene rings is 3. The van der Waals surface area contributed by atoms with Gasteiger partial charge in [0.1, 0.15) is 0 Å². The largest absolute Gasteiger partial charge is 0.307 e. The highest BCUT2D eigenvalue weighted by Crippen LogP contribution is 2.37. The van der Waals surface area contributed by atoms with E-state index >= 15 is 0 Å². The summed E-state index contributed by atoms with van der Waals surface area (Å²) in [6.45, 7) is 0. The maximum absolute atomic E-state index is 8.48. The fourth-order valence-electron chi connectivity index (χ4n) is 2.35. The third-order valence-electron chi connectivity index (χ3n) is 3.19. The Morgan fingerprint density at radius 1 is 0.762 bits per heavy atom. The number of aromatic nitrogens is 1. The first-order valence-corrected chi connectivity index (χ1v) is 7.63. The highest BCUT2D eigenvalue weighted by Gasteiger charge is 2.15. The van der Waals surface area contributed by atoms with Crippen LogP contribution in [0.2, 0.25) is 0 Å². The van der Waals surface area contributed by atoms with Crippen molar-refractivity contribution >= 4 is 53.7 Å². The molecule has 4 aromatic rings. The van der Waals surface area contributed by atoms with Gasteiger partial charge in [-0.1, -0.05) is 42.3 Å². The van der Waals surface area contributed by atoms with Crippen LogP contribution < -0.4 is 0 Å². The van der Waals surface area contributed by atoms with Crippen LogP contribution in [0.3, 0.4) is 0 Å². The first-order valence-electron chi connectivity index (χ1n) is 10.0. The van der Waals surface area contributed by atoms with Crippen LogP contribution in [0.4, 0.5) is 0 Å². The van der Waals surface area contributed by atoms with Gasteiger partial charge < -0.3 is 4.57 Å². The molecule has 0 radical (unpaired) electrons. The molecule has 1 heterocycles. The standard InChI is InChI=1S/C18H11Br2N/c19-14-8-5-9-15(20)18(14)21-16-10-3-1-6-12(16)13-7-2-4-11-17(13)21/h1-11H/i1D,2D,3D,4D,6D,7D,10D,11D. The molecule has 0 fully saturated rings. The Morgan fingerprint density at radius 3 is 1.76 bits per heavy atom. The second-order valence-corrected chi connectivity index (χ2v) is 6.06. The molecule has 0 saturated heterocycles. The van der Waals surface area contributed by atoms with Crippen molar-refractivity contribution in [1.29, 1.82) is 0 Å². The van der Waals surface area contributed by atoms with Crippen molar-refractivity contribution in [3.05, 3.63) is 75.5 Å². The maximum atomic E-state index is 8.48. The van der Waals surface area contributed by atoms with Gasteiger partial charge in [-0.2, -0.15) is 0 Å². The third kappa shape index (κ3) is 1.95. The number of para-hydroxylation sites is 3. The molecule has 0 saturated carbocycles. The van der Waals surface area contributed by atoms with E-state index in [2.05, 4.69) is 31.9 Å². The first-order chi connectivity index (χ1) is 13.6. The number of hydrogen-bond donors (Lipinski definition) is 0. The van der Waals surface area contributed by atoms with Crippen molar-refractivity contribution in [2.24, 2.45) is 0 Å². The summed E-state index contributed by atoms with van der Waals surface area (Å²) in [5.74, 6) is 0. The normalized spacial score (nSPS) is 16.7. The summed E-state index contributed by atoms with van der Waals surface area (Å²) in [5, 5.41) is 0.112. The van der Waals surface area contributed by atoms with Crippen LogP contribution >= 0.6 is 31.9 Å². The lowest BCUT2D eigenvalue weighted by Crippen LogP contribution is -1.96. The quantitative estimate of drug-likeness (QED) is 0.347. The minimum absolute atomic E-state index is 0.0562. The topological polar surface area (TPSA) is 4.93 Å². The average molecular weight is 409 g/mol. The summed E-state index contributed by atoms with van der Waals surface area (Å²) in [6, 6.07) is 2.13. The zero-order chi connectivity index (χ0) is 21.4. The molecule has 0 spiro atoms. The van der Waals surface area contributed by atoms with Crippen LogP contribution in [0.15, 0.2) is 75.5 Å². The van der Waals surface area contributed by atoms with Crippen LogP contribution in [0.5, 0.6) is 0 Å². The van der Waals surface area contributed by atoms with E-state index in [0.717, 1.165) is 0 Å². The lowest BCUT2D eigenvalue weighted by Gasteiger charge is -2.12. The SMILES string of the molecule is [2H]c1c([2H])c([2H])c2c(c1[2H])c1c([2H])c([2H])c([2H])c([2H])c1n2-c1c(Br)cccc1Br. The molecule has 21 heavy (non-hydrogen) atoms. The summed E-state index contributed by atoms with van der Waals surface area (Å²) in [7, 11) is 0. The Hall–Kier alpha value is -1.58. The molecule has 0 N–H and O–H groups in total. The number of fused-ring (bicyclic) bond motifs is 3. The van der Waals surface area contributed by atoms with Crippen molar-refractivity contribution in [3.63, 3.8) is 0 Å². The van der Waals surface area contributed by atoms with Crippen molar-refractivity contribution in [3.8, 4) is 5.69 Å². The first kappa shape index (κ1) is 7.12. The summed E-state index contributed by atoms with van der Waals surface area (Å²) in [5.41, 5.74) is 0.652. The second-order valence-electron chi connectivity index (χ2n) is 4.35. The van der Waals surface area contributed by atoms with E-state index in [1.807, 2.05) is 0 Å². The average Bonchev–Trinajstić information content (AvgIpc) is 3.03. The number of hydrogen-bond acceptors (Lipinski definition) is 0. The van der Waals surface area contributed by atoms with Crippen LogP contribution in [0.1, 0.15) is 11.0 Å². The predicted molar refractivity (Wildman–Crippen MR) is 96.2 cm³/mol. The van der Waals surface area contributed by atoms with E-state index in [-0.39, 0.29) is 46.0 Å². The number of nitrogens with zero attached hydrogens (tertiary/aromatic N) is 1. The minimum Gasteiger partial charge on any atom is -0.307 e. The van der Waals surface area contributed by atoms with E-state index in [4.69, 9.17) is 11.0 Å². The molecular formula is C18H11Br2N. The van der Waals surface area contributed by atoms with Crippen molar-refractivity contribution in [2.45, 2.75) is 0 Å². The van der Waals surface area contributed by atoms with E-state index in [9.17, 15) is 0 Å². The van der Waals surface area contributed by atoms with Gasteiger partial charge in [0.05, 0.1) is 27.7 Å². The lowest BCUT2D eigenvalue weighted by atomic mass is 10.2. The van der Waals surface area contributed by atoms with E-state index in [1.165, 1.54) is 4.57 Å². The lowest BCUT2D eigenvalue weighted by molar-refractivity contribution is 1.16. The van der Waals surface area contributed by atoms with Gasteiger partial charge in [0.15, 0.2) is 0 Å². The number of halogens is 2. The van der Waals surface area contributed by atoms with E-state index < -0.39 is 24.2 Å². The fraction of sp³-hybridized carbons (Fsp3) is 0. The highest BCUT2D eigenvalue weighted by atomic mass is 79.9. The fourth-order valence-corrected chi connectivity index (χ4v) is 3.70. The molecule has 1 nitrogen and oxygen atoms in total. The van der Waals surface area contributed by atoms with Gasteiger partial charge in [-0.15, -0.1) is 0 Å². The van der Waals surface area contributed by atoms with Crippen molar-refractivity contribution in [2.75, 3.05) is 0 Å². The Morgan fingerprint density at radius 2 is 1.24 bits per heavy atom. The molecule has 102 valence electrons. The minimum atomic E-state index is -0.458. The Bertz CT molecular complexity index is 1270. The smallest absolute Gasteiger partial charge is 0.0746 e. The summed E-state index contributed by atoms with van der Waals surface area (Å²) < 4.78 is 68.7. The van der Waals surface area contributed by atoms with Crippen LogP contribution in [0, 0.1) is 0 Å². The Kier molecular flexibility index (Phi) is 1.70. The van der Waals surface area contributed by atoms with Gasteiger partial charge >= 0.3 is 0 Å². The van der Waals surface area contributed by atoms with Gasteiger partial charge in [0, 0.05) is 19.7 Å². The molecule has 3 heteroatoms. The molecule has 0 aliphatic rings. The van der Waals surface area contributed by atoms with Crippen LogP contribution in [-0.2, 0) is 0 Å². The Balaban J connectivity index is 2.49. The molecule has 0 amide bonds. The van der Waals surface area contributed by atoms with Gasteiger partial charge in [-0.05, 0) is 56.1 Å². The van der Waals surface area contributed by atoms with E-state index in [0.29, 0.717) is 14.6 Å². The third-order valence-corrected chi connectivity index (χ3v) is 4.47. The molecule has 0 unspecified atom stereocenters. The number of rotatable bonds is 1. The van der Waals surface area contributed by atoms with Crippen molar-refractivity contribution in [1.82, 2.24) is 4.57 Å². The van der Waals surface area contributed by atoms with Crippen molar-refractivity contribution < 1.29 is 11.0 Å². The summed E-state index contributed by atoms with van der Waals surface area (Å²) >= 11 is 6.91.